The molecule has 0 saturated heterocycles. The molecule has 1 rings (SSSR count). The Kier molecular flexibility index (Phi) is 8.55. The number of hydrogen-bond donors (Lipinski definition) is 0. The number of halogens is 2. The number of methoxy groups -OCH3 is 1. The highest BCUT2D eigenvalue weighted by Gasteiger charge is 2.06. The maximum absolute atomic E-state index is 11.8. The van der Waals surface area contributed by atoms with E-state index in [1.807, 2.05) is 22.6 Å². The van der Waals surface area contributed by atoms with Crippen molar-refractivity contribution in [3.05, 3.63) is 25.4 Å². The van der Waals surface area contributed by atoms with E-state index >= 15 is 0 Å². The maximum atomic E-state index is 11.8. The lowest BCUT2D eigenvalue weighted by Crippen LogP contribution is -2.25. The van der Waals surface area contributed by atoms with Crippen LogP contribution in [0.4, 0.5) is 0 Å². The van der Waals surface area contributed by atoms with E-state index in [9.17, 15) is 4.79 Å². The molecule has 0 aromatic carbocycles. The summed E-state index contributed by atoms with van der Waals surface area (Å²) in [6.07, 6.45) is 1.42. The smallest absolute Gasteiger partial charge is 0.268 e. The SMILES string of the molecule is COCCOCCOCCn1cnc(Cl)c(I)c1=O. The predicted octanol–water partition coefficient (Wildman–Crippen LogP) is 1.18. The van der Waals surface area contributed by atoms with Crippen LogP contribution < -0.4 is 5.56 Å². The highest BCUT2D eigenvalue weighted by Crippen LogP contribution is 2.09. The standard InChI is InChI=1S/C11H16ClIN2O4/c1-17-4-5-19-7-6-18-3-2-15-8-14-10(12)9(13)11(15)16/h8H,2-7H2,1H3. The summed E-state index contributed by atoms with van der Waals surface area (Å²) in [4.78, 5) is 15.7. The number of nitrogens with zero attached hydrogens (tertiary/aromatic N) is 2. The Labute approximate surface area is 130 Å². The zero-order valence-electron chi connectivity index (χ0n) is 10.6. The molecule has 6 nitrogen and oxygen atoms in total. The van der Waals surface area contributed by atoms with Crippen LogP contribution in [-0.2, 0) is 20.8 Å². The highest BCUT2D eigenvalue weighted by atomic mass is 127. The largest absolute Gasteiger partial charge is 0.382 e. The zero-order valence-corrected chi connectivity index (χ0v) is 13.5. The average Bonchev–Trinajstić information content (AvgIpc) is 2.41. The Hall–Kier alpha value is -0.220. The fourth-order valence-corrected chi connectivity index (χ4v) is 1.80. The lowest BCUT2D eigenvalue weighted by Gasteiger charge is -2.07. The molecule has 0 radical (unpaired) electrons. The van der Waals surface area contributed by atoms with Gasteiger partial charge >= 0.3 is 0 Å². The number of hydrogen-bond acceptors (Lipinski definition) is 5. The summed E-state index contributed by atoms with van der Waals surface area (Å²) in [5, 5.41) is 0.231. The predicted molar refractivity (Wildman–Crippen MR) is 79.7 cm³/mol. The summed E-state index contributed by atoms with van der Waals surface area (Å²) in [6, 6.07) is 0. The van der Waals surface area contributed by atoms with Crippen LogP contribution in [-0.4, -0.2) is 49.7 Å². The third kappa shape index (κ3) is 6.17. The van der Waals surface area contributed by atoms with Crippen molar-refractivity contribution in [1.82, 2.24) is 9.55 Å². The van der Waals surface area contributed by atoms with Crippen molar-refractivity contribution in [2.45, 2.75) is 6.54 Å². The third-order valence-corrected chi connectivity index (χ3v) is 3.80. The molecule has 0 fully saturated rings. The first-order chi connectivity index (χ1) is 9.16. The second kappa shape index (κ2) is 9.65. The topological polar surface area (TPSA) is 62.6 Å². The molecule has 0 saturated carbocycles. The van der Waals surface area contributed by atoms with Crippen molar-refractivity contribution < 1.29 is 14.2 Å². The lowest BCUT2D eigenvalue weighted by molar-refractivity contribution is 0.0228. The fraction of sp³-hybridized carbons (Fsp3) is 0.636. The van der Waals surface area contributed by atoms with Crippen LogP contribution in [0.1, 0.15) is 0 Å². The van der Waals surface area contributed by atoms with Crippen LogP contribution in [0.25, 0.3) is 0 Å². The summed E-state index contributed by atoms with van der Waals surface area (Å²) >= 11 is 7.62. The van der Waals surface area contributed by atoms with Gasteiger partial charge in [-0.1, -0.05) is 11.6 Å². The summed E-state index contributed by atoms with van der Waals surface area (Å²) in [7, 11) is 1.62. The highest BCUT2D eigenvalue weighted by molar-refractivity contribution is 14.1. The molecule has 0 aliphatic carbocycles. The van der Waals surface area contributed by atoms with E-state index < -0.39 is 0 Å². The first-order valence-corrected chi connectivity index (χ1v) is 7.17. The van der Waals surface area contributed by atoms with Crippen molar-refractivity contribution in [2.75, 3.05) is 40.1 Å². The second-order valence-electron chi connectivity index (χ2n) is 3.57. The van der Waals surface area contributed by atoms with Crippen molar-refractivity contribution in [3.8, 4) is 0 Å². The minimum atomic E-state index is -0.152. The number of aromatic nitrogens is 2. The molecule has 0 aliphatic heterocycles. The van der Waals surface area contributed by atoms with Crippen molar-refractivity contribution in [2.24, 2.45) is 0 Å². The quantitative estimate of drug-likeness (QED) is 0.353. The van der Waals surface area contributed by atoms with Crippen molar-refractivity contribution in [3.63, 3.8) is 0 Å². The Bertz CT molecular complexity index is 441. The monoisotopic (exact) mass is 402 g/mol. The van der Waals surface area contributed by atoms with Gasteiger partial charge in [-0.15, -0.1) is 0 Å². The van der Waals surface area contributed by atoms with Crippen LogP contribution in [0.5, 0.6) is 0 Å². The Morgan fingerprint density at radius 2 is 1.89 bits per heavy atom. The second-order valence-corrected chi connectivity index (χ2v) is 5.00. The van der Waals surface area contributed by atoms with Crippen LogP contribution in [0, 0.1) is 3.57 Å². The molecule has 0 aliphatic rings. The molecule has 8 heteroatoms. The Balaban J connectivity index is 2.20. The van der Waals surface area contributed by atoms with Crippen LogP contribution >= 0.6 is 34.2 Å². The van der Waals surface area contributed by atoms with E-state index in [1.165, 1.54) is 10.9 Å². The van der Waals surface area contributed by atoms with E-state index in [2.05, 4.69) is 4.98 Å². The summed E-state index contributed by atoms with van der Waals surface area (Å²) in [5.74, 6) is 0. The molecule has 1 aromatic heterocycles. The number of rotatable bonds is 9. The molecule has 0 unspecified atom stereocenters. The minimum Gasteiger partial charge on any atom is -0.382 e. The van der Waals surface area contributed by atoms with Gasteiger partial charge in [0.2, 0.25) is 0 Å². The molecule has 0 amide bonds. The fourth-order valence-electron chi connectivity index (χ4n) is 1.23. The molecule has 19 heavy (non-hydrogen) atoms. The van der Waals surface area contributed by atoms with Gasteiger partial charge in [0.15, 0.2) is 0 Å². The molecular formula is C11H16ClIN2O4. The molecule has 0 atom stereocenters. The van der Waals surface area contributed by atoms with E-state index in [1.54, 1.807) is 7.11 Å². The van der Waals surface area contributed by atoms with Gasteiger partial charge in [0, 0.05) is 7.11 Å². The van der Waals surface area contributed by atoms with Crippen molar-refractivity contribution in [1.29, 1.82) is 0 Å². The van der Waals surface area contributed by atoms with Gasteiger partial charge in [-0.2, -0.15) is 0 Å². The van der Waals surface area contributed by atoms with Crippen LogP contribution in [0.3, 0.4) is 0 Å². The van der Waals surface area contributed by atoms with Gasteiger partial charge < -0.3 is 14.2 Å². The van der Waals surface area contributed by atoms with E-state index in [0.29, 0.717) is 43.1 Å². The molecular weight excluding hydrogens is 386 g/mol. The zero-order chi connectivity index (χ0) is 14.1. The molecule has 0 bridgehead atoms. The van der Waals surface area contributed by atoms with Gasteiger partial charge in [0.05, 0.1) is 45.9 Å². The molecule has 0 spiro atoms. The normalized spacial score (nSPS) is 10.9. The molecule has 0 N–H and O–H groups in total. The first-order valence-electron chi connectivity index (χ1n) is 5.71. The van der Waals surface area contributed by atoms with Crippen molar-refractivity contribution >= 4 is 34.2 Å². The van der Waals surface area contributed by atoms with Crippen LogP contribution in [0.2, 0.25) is 5.15 Å². The van der Waals surface area contributed by atoms with Gasteiger partial charge in [-0.05, 0) is 22.6 Å². The minimum absolute atomic E-state index is 0.152. The van der Waals surface area contributed by atoms with Gasteiger partial charge in [0.1, 0.15) is 8.72 Å². The summed E-state index contributed by atoms with van der Waals surface area (Å²) < 4.78 is 17.3. The van der Waals surface area contributed by atoms with Gasteiger partial charge in [-0.25, -0.2) is 4.98 Å². The number of ether oxygens (including phenoxy) is 3. The third-order valence-electron chi connectivity index (χ3n) is 2.22. The Morgan fingerprint density at radius 3 is 2.58 bits per heavy atom. The van der Waals surface area contributed by atoms with Gasteiger partial charge in [0.25, 0.3) is 5.56 Å². The van der Waals surface area contributed by atoms with Crippen LogP contribution in [0.15, 0.2) is 11.1 Å². The molecule has 108 valence electrons. The summed E-state index contributed by atoms with van der Waals surface area (Å²) in [5.41, 5.74) is -0.152. The Morgan fingerprint density at radius 1 is 1.26 bits per heavy atom. The van der Waals surface area contributed by atoms with E-state index in [0.717, 1.165) is 0 Å². The van der Waals surface area contributed by atoms with E-state index in [-0.39, 0.29) is 10.7 Å². The van der Waals surface area contributed by atoms with Gasteiger partial charge in [-0.3, -0.25) is 9.36 Å². The average molecular weight is 403 g/mol. The first kappa shape index (κ1) is 16.8. The van der Waals surface area contributed by atoms with E-state index in [4.69, 9.17) is 25.8 Å². The molecule has 1 aromatic rings. The molecule has 1 heterocycles. The summed E-state index contributed by atoms with van der Waals surface area (Å²) in [6.45, 7) is 2.98. The maximum Gasteiger partial charge on any atom is 0.268 e. The lowest BCUT2D eigenvalue weighted by atomic mass is 10.6.